The van der Waals surface area contributed by atoms with Gasteiger partial charge in [0.1, 0.15) is 0 Å². The van der Waals surface area contributed by atoms with Crippen LogP contribution in [0.25, 0.3) is 0 Å². The third-order valence-corrected chi connectivity index (χ3v) is 5.56. The Morgan fingerprint density at radius 1 is 1.36 bits per heavy atom. The second-order valence-electron chi connectivity index (χ2n) is 7.13. The lowest BCUT2D eigenvalue weighted by atomic mass is 9.71. The third kappa shape index (κ3) is 3.05. The van der Waals surface area contributed by atoms with E-state index in [0.717, 1.165) is 32.2 Å². The number of aromatic nitrogens is 2. The van der Waals surface area contributed by atoms with E-state index in [1.165, 1.54) is 24.8 Å². The fraction of sp³-hybridized carbons (Fsp3) is 0.765. The van der Waals surface area contributed by atoms with Crippen LogP contribution in [0.5, 0.6) is 0 Å². The van der Waals surface area contributed by atoms with E-state index in [9.17, 15) is 4.79 Å². The Morgan fingerprint density at radius 2 is 2.14 bits per heavy atom. The number of carbonyl (C=O) groups excluding carboxylic acids is 1. The van der Waals surface area contributed by atoms with Crippen molar-refractivity contribution < 1.29 is 4.79 Å². The molecule has 3 rings (SSSR count). The summed E-state index contributed by atoms with van der Waals surface area (Å²) < 4.78 is 1.82. The Labute approximate surface area is 132 Å². The van der Waals surface area contributed by atoms with Crippen LogP contribution < -0.4 is 5.73 Å². The van der Waals surface area contributed by atoms with Crippen molar-refractivity contribution in [3.63, 3.8) is 0 Å². The molecule has 122 valence electrons. The van der Waals surface area contributed by atoms with Gasteiger partial charge in [0.15, 0.2) is 0 Å². The number of hydrogen-bond donors (Lipinski definition) is 1. The molecule has 5 nitrogen and oxygen atoms in total. The maximum Gasteiger partial charge on any atom is 0.223 e. The Bertz CT molecular complexity index is 518. The zero-order valence-electron chi connectivity index (χ0n) is 13.6. The summed E-state index contributed by atoms with van der Waals surface area (Å²) >= 11 is 0. The zero-order chi connectivity index (χ0) is 15.6. The molecule has 1 aliphatic heterocycles. The molecule has 0 spiro atoms. The normalized spacial score (nSPS) is 24.6. The lowest BCUT2D eigenvalue weighted by Gasteiger charge is -2.37. The predicted octanol–water partition coefficient (Wildman–Crippen LogP) is 2.38. The van der Waals surface area contributed by atoms with E-state index in [0.29, 0.717) is 18.9 Å². The quantitative estimate of drug-likeness (QED) is 0.929. The highest BCUT2D eigenvalue weighted by molar-refractivity contribution is 5.78. The summed E-state index contributed by atoms with van der Waals surface area (Å²) in [5, 5.41) is 4.26. The van der Waals surface area contributed by atoms with E-state index in [-0.39, 0.29) is 11.5 Å². The van der Waals surface area contributed by atoms with E-state index in [1.807, 2.05) is 24.1 Å². The highest BCUT2D eigenvalue weighted by Crippen LogP contribution is 2.40. The summed E-state index contributed by atoms with van der Waals surface area (Å²) in [7, 11) is 1.93. The molecule has 0 aromatic carbocycles. The van der Waals surface area contributed by atoms with Crippen molar-refractivity contribution in [1.82, 2.24) is 14.7 Å². The van der Waals surface area contributed by atoms with Crippen LogP contribution in [-0.2, 0) is 11.8 Å². The molecule has 22 heavy (non-hydrogen) atoms. The average Bonchev–Trinajstić information content (AvgIpc) is 3.16. The summed E-state index contributed by atoms with van der Waals surface area (Å²) in [5.41, 5.74) is 7.27. The second-order valence-corrected chi connectivity index (χ2v) is 7.13. The first-order chi connectivity index (χ1) is 10.6. The van der Waals surface area contributed by atoms with Gasteiger partial charge in [0, 0.05) is 31.8 Å². The fourth-order valence-corrected chi connectivity index (χ4v) is 4.20. The van der Waals surface area contributed by atoms with Crippen molar-refractivity contribution >= 4 is 5.91 Å². The first kappa shape index (κ1) is 15.5. The zero-order valence-corrected chi connectivity index (χ0v) is 13.6. The van der Waals surface area contributed by atoms with Crippen molar-refractivity contribution in [2.24, 2.45) is 18.2 Å². The molecule has 1 atom stereocenters. The van der Waals surface area contributed by atoms with E-state index in [2.05, 4.69) is 10.00 Å². The van der Waals surface area contributed by atoms with E-state index < -0.39 is 0 Å². The number of carbonyl (C=O) groups is 1. The number of rotatable bonds is 4. The van der Waals surface area contributed by atoms with Crippen LogP contribution in [-0.4, -0.2) is 33.7 Å². The molecule has 1 aliphatic carbocycles. The van der Waals surface area contributed by atoms with Gasteiger partial charge in [-0.3, -0.25) is 9.48 Å². The van der Waals surface area contributed by atoms with Gasteiger partial charge in [-0.25, -0.2) is 0 Å². The molecule has 1 saturated heterocycles. The van der Waals surface area contributed by atoms with E-state index in [4.69, 9.17) is 5.73 Å². The summed E-state index contributed by atoms with van der Waals surface area (Å²) in [6, 6.07) is 0.208. The van der Waals surface area contributed by atoms with Gasteiger partial charge in [-0.15, -0.1) is 0 Å². The van der Waals surface area contributed by atoms with Crippen LogP contribution in [0.4, 0.5) is 0 Å². The number of likely N-dealkylation sites (tertiary alicyclic amines) is 1. The number of amides is 1. The highest BCUT2D eigenvalue weighted by atomic mass is 16.2. The predicted molar refractivity (Wildman–Crippen MR) is 86.1 cm³/mol. The fourth-order valence-electron chi connectivity index (χ4n) is 4.20. The van der Waals surface area contributed by atoms with Gasteiger partial charge in [0.2, 0.25) is 5.91 Å². The molecular weight excluding hydrogens is 276 g/mol. The van der Waals surface area contributed by atoms with Crippen molar-refractivity contribution in [2.45, 2.75) is 57.4 Å². The van der Waals surface area contributed by atoms with Gasteiger partial charge in [-0.2, -0.15) is 5.10 Å². The van der Waals surface area contributed by atoms with Crippen LogP contribution in [0.3, 0.4) is 0 Å². The molecule has 2 N–H and O–H groups in total. The minimum absolute atomic E-state index is 0.0530. The van der Waals surface area contributed by atoms with Gasteiger partial charge < -0.3 is 10.6 Å². The van der Waals surface area contributed by atoms with Crippen molar-refractivity contribution in [3.8, 4) is 0 Å². The average molecular weight is 304 g/mol. The SMILES string of the molecule is Cn1cc(C2CCCN2C(=O)CC2(CN)CCCCC2)cn1. The molecular formula is C17H28N4O. The van der Waals surface area contributed by atoms with Crippen LogP contribution in [0.15, 0.2) is 12.4 Å². The molecule has 1 aromatic rings. The van der Waals surface area contributed by atoms with Gasteiger partial charge in [-0.05, 0) is 37.6 Å². The molecule has 2 fully saturated rings. The molecule has 2 heterocycles. The van der Waals surface area contributed by atoms with Gasteiger partial charge in [-0.1, -0.05) is 19.3 Å². The number of aryl methyl sites for hydroxylation is 1. The lowest BCUT2D eigenvalue weighted by molar-refractivity contribution is -0.135. The summed E-state index contributed by atoms with van der Waals surface area (Å²) in [6.45, 7) is 1.52. The monoisotopic (exact) mass is 304 g/mol. The molecule has 1 unspecified atom stereocenters. The molecule has 1 amide bonds. The molecule has 0 bridgehead atoms. The Morgan fingerprint density at radius 3 is 2.77 bits per heavy atom. The minimum atomic E-state index is 0.0530. The van der Waals surface area contributed by atoms with Crippen molar-refractivity contribution in [1.29, 1.82) is 0 Å². The molecule has 5 heteroatoms. The smallest absolute Gasteiger partial charge is 0.223 e. The van der Waals surface area contributed by atoms with Gasteiger partial charge in [0.05, 0.1) is 12.2 Å². The lowest BCUT2D eigenvalue weighted by Crippen LogP contribution is -2.40. The van der Waals surface area contributed by atoms with Crippen molar-refractivity contribution in [3.05, 3.63) is 18.0 Å². The summed E-state index contributed by atoms with van der Waals surface area (Å²) in [4.78, 5) is 15.0. The topological polar surface area (TPSA) is 64.2 Å². The first-order valence-electron chi connectivity index (χ1n) is 8.62. The van der Waals surface area contributed by atoms with Crippen LogP contribution in [0.1, 0.15) is 63.0 Å². The van der Waals surface area contributed by atoms with Crippen LogP contribution >= 0.6 is 0 Å². The highest BCUT2D eigenvalue weighted by Gasteiger charge is 2.37. The van der Waals surface area contributed by atoms with Crippen molar-refractivity contribution in [2.75, 3.05) is 13.1 Å². The number of nitrogens with zero attached hydrogens (tertiary/aromatic N) is 3. The maximum atomic E-state index is 12.9. The number of nitrogens with two attached hydrogens (primary N) is 1. The van der Waals surface area contributed by atoms with E-state index >= 15 is 0 Å². The second kappa shape index (κ2) is 6.41. The molecule has 2 aliphatic rings. The Hall–Kier alpha value is -1.36. The van der Waals surface area contributed by atoms with Crippen LogP contribution in [0.2, 0.25) is 0 Å². The molecule has 0 radical (unpaired) electrons. The van der Waals surface area contributed by atoms with Gasteiger partial charge >= 0.3 is 0 Å². The van der Waals surface area contributed by atoms with E-state index in [1.54, 1.807) is 0 Å². The summed E-state index contributed by atoms with van der Waals surface area (Å²) in [6.07, 6.45) is 12.6. The maximum absolute atomic E-state index is 12.9. The van der Waals surface area contributed by atoms with Crippen LogP contribution in [0, 0.1) is 5.41 Å². The largest absolute Gasteiger partial charge is 0.336 e. The standard InChI is InChI=1S/C17H28N4O/c1-20-12-14(11-19-20)15-6-5-9-21(15)16(22)10-17(13-18)7-3-2-4-8-17/h11-12,15H,2-10,13,18H2,1H3. The third-order valence-electron chi connectivity index (χ3n) is 5.56. The Balaban J connectivity index is 1.70. The molecule has 1 saturated carbocycles. The Kier molecular flexibility index (Phi) is 4.52. The summed E-state index contributed by atoms with van der Waals surface area (Å²) in [5.74, 6) is 0.290. The van der Waals surface area contributed by atoms with Gasteiger partial charge in [0.25, 0.3) is 0 Å². The molecule has 1 aromatic heterocycles. The minimum Gasteiger partial charge on any atom is -0.336 e. The first-order valence-corrected chi connectivity index (χ1v) is 8.62. The number of hydrogen-bond acceptors (Lipinski definition) is 3.